The fraction of sp³-hybridized carbons (Fsp3) is 0.375. The van der Waals surface area contributed by atoms with Crippen LogP contribution < -0.4 is 4.90 Å². The van der Waals surface area contributed by atoms with Gasteiger partial charge in [0.1, 0.15) is 5.70 Å². The molecule has 10 heteroatoms. The molecule has 0 aromatic carbocycles. The zero-order chi connectivity index (χ0) is 13.5. The summed E-state index contributed by atoms with van der Waals surface area (Å²) in [5, 5.41) is 12.7. The smallest absolute Gasteiger partial charge is 0.305 e. The Bertz CT molecular complexity index is 634. The van der Waals surface area contributed by atoms with Gasteiger partial charge in [0.15, 0.2) is 20.0 Å². The molecule has 2 rings (SSSR count). The quantitative estimate of drug-likeness (QED) is 0.617. The van der Waals surface area contributed by atoms with Gasteiger partial charge < -0.3 is 4.90 Å². The first kappa shape index (κ1) is 13.3. The van der Waals surface area contributed by atoms with Gasteiger partial charge in [-0.05, 0) is 18.7 Å². The van der Waals surface area contributed by atoms with Crippen molar-refractivity contribution in [2.75, 3.05) is 17.0 Å². The van der Waals surface area contributed by atoms with Crippen molar-refractivity contribution in [2.24, 2.45) is 0 Å². The third kappa shape index (κ3) is 2.35. The molecule has 0 saturated carbocycles. The van der Waals surface area contributed by atoms with Crippen LogP contribution in [-0.2, 0) is 9.84 Å². The van der Waals surface area contributed by atoms with Crippen molar-refractivity contribution in [3.05, 3.63) is 26.2 Å². The number of nitro groups is 1. The number of thioether (sulfide) groups is 1. The van der Waals surface area contributed by atoms with E-state index < -0.39 is 14.8 Å². The first-order valence-corrected chi connectivity index (χ1v) is 8.47. The van der Waals surface area contributed by atoms with Gasteiger partial charge >= 0.3 is 5.03 Å². The molecule has 1 aromatic heterocycles. The summed E-state index contributed by atoms with van der Waals surface area (Å²) in [4.78, 5) is 15.9. The SMILES string of the molecule is CC1=C([N+](=O)[O-])SCN1c1nc(S(C)(=O)=O)cs1. The Kier molecular flexibility index (Phi) is 3.34. The van der Waals surface area contributed by atoms with Gasteiger partial charge in [0.25, 0.3) is 0 Å². The average Bonchev–Trinajstić information content (AvgIpc) is 2.81. The predicted molar refractivity (Wildman–Crippen MR) is 69.9 cm³/mol. The first-order valence-electron chi connectivity index (χ1n) is 4.72. The molecule has 1 aliphatic rings. The van der Waals surface area contributed by atoms with E-state index in [1.807, 2.05) is 0 Å². The molecule has 7 nitrogen and oxygen atoms in total. The summed E-state index contributed by atoms with van der Waals surface area (Å²) in [5.41, 5.74) is 0.486. The molecular formula is C8H9N3O4S3. The maximum absolute atomic E-state index is 11.3. The average molecular weight is 307 g/mol. The van der Waals surface area contributed by atoms with E-state index in [9.17, 15) is 18.5 Å². The molecule has 0 N–H and O–H groups in total. The van der Waals surface area contributed by atoms with Crippen LogP contribution in [-0.4, -0.2) is 30.5 Å². The molecule has 0 amide bonds. The third-order valence-corrected chi connectivity index (χ3v) is 5.38. The largest absolute Gasteiger partial charge is 0.324 e. The number of thiazole rings is 1. The molecular weight excluding hydrogens is 298 g/mol. The van der Waals surface area contributed by atoms with Crippen LogP contribution in [0.2, 0.25) is 0 Å². The Hall–Kier alpha value is -1.13. The Labute approximate surface area is 112 Å². The fourth-order valence-corrected chi connectivity index (χ4v) is 4.34. The highest BCUT2D eigenvalue weighted by atomic mass is 32.2. The standard InChI is InChI=1S/C8H9N3O4S3/c1-5-7(11(12)13)17-4-10(5)8-9-6(3-16-8)18(2,14)15/h3H,4H2,1-2H3. The van der Waals surface area contributed by atoms with E-state index in [1.165, 1.54) is 5.38 Å². The Morgan fingerprint density at radius 2 is 2.22 bits per heavy atom. The topological polar surface area (TPSA) is 93.4 Å². The minimum atomic E-state index is -3.34. The van der Waals surface area contributed by atoms with Crippen LogP contribution in [0.3, 0.4) is 0 Å². The van der Waals surface area contributed by atoms with Crippen molar-refractivity contribution in [3.63, 3.8) is 0 Å². The number of aromatic nitrogens is 1. The number of nitrogens with zero attached hydrogens (tertiary/aromatic N) is 3. The molecule has 0 atom stereocenters. The first-order chi connectivity index (χ1) is 8.30. The minimum absolute atomic E-state index is 0.00477. The molecule has 0 saturated heterocycles. The van der Waals surface area contributed by atoms with E-state index in [-0.39, 0.29) is 10.1 Å². The summed E-state index contributed by atoms with van der Waals surface area (Å²) < 4.78 is 22.6. The van der Waals surface area contributed by atoms with E-state index >= 15 is 0 Å². The molecule has 98 valence electrons. The fourth-order valence-electron chi connectivity index (χ4n) is 1.37. The van der Waals surface area contributed by atoms with Gasteiger partial charge in [0.2, 0.25) is 0 Å². The van der Waals surface area contributed by atoms with E-state index in [1.54, 1.807) is 11.8 Å². The zero-order valence-corrected chi connectivity index (χ0v) is 11.9. The summed E-state index contributed by atoms with van der Waals surface area (Å²) >= 11 is 2.26. The van der Waals surface area contributed by atoms with Crippen LogP contribution in [0.1, 0.15) is 6.92 Å². The van der Waals surface area contributed by atoms with Crippen LogP contribution >= 0.6 is 23.1 Å². The molecule has 0 unspecified atom stereocenters. The number of rotatable bonds is 3. The van der Waals surface area contributed by atoms with Crippen LogP contribution in [0, 0.1) is 10.1 Å². The highest BCUT2D eigenvalue weighted by molar-refractivity contribution is 8.03. The lowest BCUT2D eigenvalue weighted by Gasteiger charge is -2.12. The maximum atomic E-state index is 11.3. The van der Waals surface area contributed by atoms with Crippen molar-refractivity contribution in [1.82, 2.24) is 4.98 Å². The monoisotopic (exact) mass is 307 g/mol. The van der Waals surface area contributed by atoms with Crippen LogP contribution in [0.4, 0.5) is 5.13 Å². The predicted octanol–water partition coefficient (Wildman–Crippen LogP) is 1.52. The molecule has 0 spiro atoms. The molecule has 1 aromatic rings. The van der Waals surface area contributed by atoms with Gasteiger partial charge in [-0.25, -0.2) is 13.4 Å². The molecule has 0 fully saturated rings. The number of hydrogen-bond acceptors (Lipinski definition) is 8. The Morgan fingerprint density at radius 3 is 2.67 bits per heavy atom. The van der Waals surface area contributed by atoms with Gasteiger partial charge in [0.05, 0.1) is 10.8 Å². The molecule has 0 bridgehead atoms. The molecule has 18 heavy (non-hydrogen) atoms. The summed E-state index contributed by atoms with van der Waals surface area (Å²) in [6.45, 7) is 1.62. The molecule has 2 heterocycles. The van der Waals surface area contributed by atoms with Crippen molar-refractivity contribution in [1.29, 1.82) is 0 Å². The Morgan fingerprint density at radius 1 is 1.56 bits per heavy atom. The van der Waals surface area contributed by atoms with Gasteiger partial charge in [-0.3, -0.25) is 10.1 Å². The highest BCUT2D eigenvalue weighted by Crippen LogP contribution is 2.37. The van der Waals surface area contributed by atoms with Crippen molar-refractivity contribution in [3.8, 4) is 0 Å². The molecule has 1 aliphatic heterocycles. The lowest BCUT2D eigenvalue weighted by molar-refractivity contribution is -0.411. The Balaban J connectivity index is 2.35. The van der Waals surface area contributed by atoms with Crippen molar-refractivity contribution >= 4 is 38.1 Å². The normalized spacial score (nSPS) is 16.4. The lowest BCUT2D eigenvalue weighted by Crippen LogP contribution is -2.16. The van der Waals surface area contributed by atoms with Crippen LogP contribution in [0.15, 0.2) is 21.1 Å². The molecule has 0 aliphatic carbocycles. The summed E-state index contributed by atoms with van der Waals surface area (Å²) in [7, 11) is -3.34. The van der Waals surface area contributed by atoms with E-state index in [0.29, 0.717) is 16.7 Å². The number of anilines is 1. The van der Waals surface area contributed by atoms with E-state index in [4.69, 9.17) is 0 Å². The minimum Gasteiger partial charge on any atom is -0.305 e. The van der Waals surface area contributed by atoms with Crippen LogP contribution in [0.25, 0.3) is 0 Å². The highest BCUT2D eigenvalue weighted by Gasteiger charge is 2.31. The third-order valence-electron chi connectivity index (χ3n) is 2.29. The summed E-state index contributed by atoms with van der Waals surface area (Å²) in [6.07, 6.45) is 1.08. The second-order valence-electron chi connectivity index (χ2n) is 3.59. The molecule has 0 radical (unpaired) electrons. The van der Waals surface area contributed by atoms with Crippen molar-refractivity contribution in [2.45, 2.75) is 11.9 Å². The van der Waals surface area contributed by atoms with Crippen LogP contribution in [0.5, 0.6) is 0 Å². The maximum Gasteiger partial charge on any atom is 0.324 e. The lowest BCUT2D eigenvalue weighted by atomic mass is 10.5. The zero-order valence-electron chi connectivity index (χ0n) is 9.48. The summed E-state index contributed by atoms with van der Waals surface area (Å²) in [6, 6.07) is 0. The number of hydrogen-bond donors (Lipinski definition) is 0. The van der Waals surface area contributed by atoms with E-state index in [2.05, 4.69) is 4.98 Å². The van der Waals surface area contributed by atoms with Gasteiger partial charge in [-0.15, -0.1) is 11.3 Å². The van der Waals surface area contributed by atoms with E-state index in [0.717, 1.165) is 29.4 Å². The van der Waals surface area contributed by atoms with Gasteiger partial charge in [0, 0.05) is 11.6 Å². The van der Waals surface area contributed by atoms with Crippen molar-refractivity contribution < 1.29 is 13.3 Å². The summed E-state index contributed by atoms with van der Waals surface area (Å²) in [5.74, 6) is 0.374. The van der Waals surface area contributed by atoms with Gasteiger partial charge in [-0.2, -0.15) is 0 Å². The number of allylic oxidation sites excluding steroid dienone is 1. The second kappa shape index (κ2) is 4.52. The van der Waals surface area contributed by atoms with Gasteiger partial charge in [-0.1, -0.05) is 0 Å². The number of sulfone groups is 1. The second-order valence-corrected chi connectivity index (χ2v) is 7.32.